The molecule has 1 fully saturated rings. The molecule has 2 aliphatic heterocycles. The summed E-state index contributed by atoms with van der Waals surface area (Å²) in [5.74, 6) is 0.607. The number of anilines is 1. The summed E-state index contributed by atoms with van der Waals surface area (Å²) in [6.07, 6.45) is 2.22. The average Bonchev–Trinajstić information content (AvgIpc) is 2.93. The molecule has 2 aliphatic rings. The molecule has 0 aromatic heterocycles. The van der Waals surface area contributed by atoms with Crippen LogP contribution in [0.4, 0.5) is 5.69 Å². The van der Waals surface area contributed by atoms with Gasteiger partial charge in [0.05, 0.1) is 16.7 Å². The lowest BCUT2D eigenvalue weighted by Gasteiger charge is -2.13. The first kappa shape index (κ1) is 15.8. The molecule has 1 amide bonds. The van der Waals surface area contributed by atoms with Gasteiger partial charge in [-0.1, -0.05) is 0 Å². The fourth-order valence-corrected chi connectivity index (χ4v) is 4.49. The Morgan fingerprint density at radius 1 is 1.41 bits per heavy atom. The van der Waals surface area contributed by atoms with Crippen molar-refractivity contribution in [2.75, 3.05) is 24.2 Å². The molecule has 3 rings (SSSR count). The minimum Gasteiger partial charge on any atom is -0.377 e. The zero-order valence-corrected chi connectivity index (χ0v) is 13.6. The van der Waals surface area contributed by atoms with E-state index in [-0.39, 0.29) is 23.5 Å². The van der Waals surface area contributed by atoms with Crippen molar-refractivity contribution < 1.29 is 17.9 Å². The molecule has 1 aromatic carbocycles. The van der Waals surface area contributed by atoms with Gasteiger partial charge < -0.3 is 10.1 Å². The molecule has 2 heterocycles. The van der Waals surface area contributed by atoms with Gasteiger partial charge in [0, 0.05) is 30.2 Å². The molecule has 0 aliphatic carbocycles. The van der Waals surface area contributed by atoms with Gasteiger partial charge in [0.15, 0.2) is 0 Å². The first-order valence-corrected chi connectivity index (χ1v) is 9.69. The molecule has 1 atom stereocenters. The number of ether oxygens (including phenoxy) is 1. The van der Waals surface area contributed by atoms with E-state index in [2.05, 4.69) is 10.0 Å². The molecule has 0 spiro atoms. The van der Waals surface area contributed by atoms with Gasteiger partial charge in [-0.3, -0.25) is 4.79 Å². The molecular weight excluding hydrogens is 324 g/mol. The summed E-state index contributed by atoms with van der Waals surface area (Å²) >= 11 is 1.55. The maximum Gasteiger partial charge on any atom is 0.240 e. The van der Waals surface area contributed by atoms with Crippen LogP contribution in [0.5, 0.6) is 0 Å². The summed E-state index contributed by atoms with van der Waals surface area (Å²) in [7, 11) is -3.60. The van der Waals surface area contributed by atoms with Crippen LogP contribution in [0.25, 0.3) is 0 Å². The predicted molar refractivity (Wildman–Crippen MR) is 84.6 cm³/mol. The minimum absolute atomic E-state index is 0.0501. The maximum absolute atomic E-state index is 12.4. The molecule has 6 nitrogen and oxygen atoms in total. The van der Waals surface area contributed by atoms with Crippen molar-refractivity contribution in [1.29, 1.82) is 0 Å². The van der Waals surface area contributed by atoms with E-state index in [1.165, 1.54) is 6.07 Å². The number of carbonyl (C=O) groups is 1. The topological polar surface area (TPSA) is 84.5 Å². The molecular formula is C14H18N2O4S2. The first-order chi connectivity index (χ1) is 10.5. The SMILES string of the molecule is O=C1CCSc2ccc(S(=O)(=O)NCC3CCCO3)cc2N1. The lowest BCUT2D eigenvalue weighted by molar-refractivity contribution is -0.115. The highest BCUT2D eigenvalue weighted by atomic mass is 32.2. The summed E-state index contributed by atoms with van der Waals surface area (Å²) in [5, 5.41) is 2.76. The Bertz CT molecular complexity index is 669. The molecule has 0 bridgehead atoms. The third kappa shape index (κ3) is 3.62. The van der Waals surface area contributed by atoms with Crippen molar-refractivity contribution in [3.63, 3.8) is 0 Å². The Kier molecular flexibility index (Phi) is 4.72. The van der Waals surface area contributed by atoms with E-state index in [0.717, 1.165) is 17.7 Å². The lowest BCUT2D eigenvalue weighted by atomic mass is 10.2. The van der Waals surface area contributed by atoms with Crippen molar-refractivity contribution in [1.82, 2.24) is 4.72 Å². The fourth-order valence-electron chi connectivity index (χ4n) is 2.46. The summed E-state index contributed by atoms with van der Waals surface area (Å²) in [6.45, 7) is 0.967. The monoisotopic (exact) mass is 342 g/mol. The standard InChI is InChI=1S/C14H18N2O4S2/c17-14-5-7-21-13-4-3-11(8-12(13)16-14)22(18,19)15-9-10-2-1-6-20-10/h3-4,8,10,15H,1-2,5-7,9H2,(H,16,17). The molecule has 0 radical (unpaired) electrons. The Balaban J connectivity index is 1.77. The van der Waals surface area contributed by atoms with E-state index in [1.54, 1.807) is 23.9 Å². The van der Waals surface area contributed by atoms with Gasteiger partial charge in [0.2, 0.25) is 15.9 Å². The fraction of sp³-hybridized carbons (Fsp3) is 0.500. The van der Waals surface area contributed by atoms with Crippen molar-refractivity contribution in [3.05, 3.63) is 18.2 Å². The zero-order chi connectivity index (χ0) is 15.6. The number of thioether (sulfide) groups is 1. The van der Waals surface area contributed by atoms with Gasteiger partial charge in [0.1, 0.15) is 0 Å². The van der Waals surface area contributed by atoms with Gasteiger partial charge in [-0.05, 0) is 31.0 Å². The van der Waals surface area contributed by atoms with E-state index < -0.39 is 10.0 Å². The number of carbonyl (C=O) groups excluding carboxylic acids is 1. The summed E-state index contributed by atoms with van der Waals surface area (Å²) < 4.78 is 32.7. The van der Waals surface area contributed by atoms with Crippen LogP contribution in [-0.4, -0.2) is 39.3 Å². The van der Waals surface area contributed by atoms with Crippen LogP contribution in [0.1, 0.15) is 19.3 Å². The number of fused-ring (bicyclic) bond motifs is 1. The average molecular weight is 342 g/mol. The lowest BCUT2D eigenvalue weighted by Crippen LogP contribution is -2.31. The molecule has 1 unspecified atom stereocenters. The van der Waals surface area contributed by atoms with Gasteiger partial charge in [-0.2, -0.15) is 0 Å². The van der Waals surface area contributed by atoms with E-state index in [4.69, 9.17) is 4.74 Å². The number of amides is 1. The van der Waals surface area contributed by atoms with E-state index >= 15 is 0 Å². The Morgan fingerprint density at radius 3 is 3.05 bits per heavy atom. The van der Waals surface area contributed by atoms with Crippen molar-refractivity contribution in [3.8, 4) is 0 Å². The minimum atomic E-state index is -3.60. The third-order valence-corrected chi connectivity index (χ3v) is 6.14. The molecule has 2 N–H and O–H groups in total. The van der Waals surface area contributed by atoms with Crippen molar-refractivity contribution >= 4 is 33.4 Å². The number of hydrogen-bond acceptors (Lipinski definition) is 5. The highest BCUT2D eigenvalue weighted by Crippen LogP contribution is 2.32. The molecule has 22 heavy (non-hydrogen) atoms. The second kappa shape index (κ2) is 6.57. The van der Waals surface area contributed by atoms with Gasteiger partial charge in [-0.15, -0.1) is 11.8 Å². The summed E-state index contributed by atoms with van der Waals surface area (Å²) in [6, 6.07) is 4.83. The van der Waals surface area contributed by atoms with Crippen LogP contribution in [0, 0.1) is 0 Å². The molecule has 1 aromatic rings. The predicted octanol–water partition coefficient (Wildman–Crippen LogP) is 1.58. The molecule has 8 heteroatoms. The smallest absolute Gasteiger partial charge is 0.240 e. The van der Waals surface area contributed by atoms with E-state index in [9.17, 15) is 13.2 Å². The zero-order valence-electron chi connectivity index (χ0n) is 12.0. The first-order valence-electron chi connectivity index (χ1n) is 7.22. The number of rotatable bonds is 4. The van der Waals surface area contributed by atoms with E-state index in [1.807, 2.05) is 0 Å². The van der Waals surface area contributed by atoms with Crippen LogP contribution < -0.4 is 10.0 Å². The third-order valence-electron chi connectivity index (χ3n) is 3.65. The Hall–Kier alpha value is -1.09. The van der Waals surface area contributed by atoms with Crippen LogP contribution in [0.3, 0.4) is 0 Å². The van der Waals surface area contributed by atoms with Crippen LogP contribution in [0.15, 0.2) is 28.0 Å². The number of hydrogen-bond donors (Lipinski definition) is 2. The highest BCUT2D eigenvalue weighted by molar-refractivity contribution is 7.99. The van der Waals surface area contributed by atoms with Crippen molar-refractivity contribution in [2.45, 2.75) is 35.2 Å². The van der Waals surface area contributed by atoms with Crippen LogP contribution in [-0.2, 0) is 19.6 Å². The van der Waals surface area contributed by atoms with Crippen LogP contribution in [0.2, 0.25) is 0 Å². The second-order valence-corrected chi connectivity index (χ2v) is 8.20. The normalized spacial score (nSPS) is 22.0. The van der Waals surface area contributed by atoms with Crippen molar-refractivity contribution in [2.24, 2.45) is 0 Å². The largest absolute Gasteiger partial charge is 0.377 e. The van der Waals surface area contributed by atoms with E-state index in [0.29, 0.717) is 24.5 Å². The molecule has 1 saturated heterocycles. The highest BCUT2D eigenvalue weighted by Gasteiger charge is 2.22. The van der Waals surface area contributed by atoms with Gasteiger partial charge in [-0.25, -0.2) is 13.1 Å². The summed E-state index contributed by atoms with van der Waals surface area (Å²) in [4.78, 5) is 12.7. The van der Waals surface area contributed by atoms with Crippen LogP contribution >= 0.6 is 11.8 Å². The molecule has 0 saturated carbocycles. The second-order valence-electron chi connectivity index (χ2n) is 5.29. The maximum atomic E-state index is 12.4. The number of sulfonamides is 1. The number of benzene rings is 1. The van der Waals surface area contributed by atoms with Gasteiger partial charge >= 0.3 is 0 Å². The quantitative estimate of drug-likeness (QED) is 0.868. The Labute approximate surface area is 134 Å². The summed E-state index contributed by atoms with van der Waals surface area (Å²) in [5.41, 5.74) is 0.562. The Morgan fingerprint density at radius 2 is 2.27 bits per heavy atom. The molecule has 120 valence electrons. The van der Waals surface area contributed by atoms with Gasteiger partial charge in [0.25, 0.3) is 0 Å². The number of nitrogens with one attached hydrogen (secondary N) is 2.